The van der Waals surface area contributed by atoms with Crippen LogP contribution in [0, 0.1) is 0 Å². The van der Waals surface area contributed by atoms with Gasteiger partial charge in [-0.1, -0.05) is 48.0 Å². The molecule has 0 bridgehead atoms. The maximum atomic E-state index is 13.1. The highest BCUT2D eigenvalue weighted by atomic mass is 35.5. The highest BCUT2D eigenvalue weighted by Gasteiger charge is 2.26. The molecule has 2 aliphatic rings. The van der Waals surface area contributed by atoms with Gasteiger partial charge >= 0.3 is 0 Å². The van der Waals surface area contributed by atoms with E-state index in [-0.39, 0.29) is 17.6 Å². The molecule has 166 valence electrons. The zero-order chi connectivity index (χ0) is 22.8. The van der Waals surface area contributed by atoms with Crippen molar-refractivity contribution < 1.29 is 14.3 Å². The third kappa shape index (κ3) is 4.56. The number of fused-ring (bicyclic) bond motifs is 1. The van der Waals surface area contributed by atoms with Crippen LogP contribution in [0.4, 0.5) is 11.4 Å². The van der Waals surface area contributed by atoms with Gasteiger partial charge in [0.25, 0.3) is 11.8 Å². The van der Waals surface area contributed by atoms with Crippen LogP contribution in [-0.4, -0.2) is 42.9 Å². The van der Waals surface area contributed by atoms with Crippen LogP contribution >= 0.6 is 11.6 Å². The molecule has 1 saturated heterocycles. The Morgan fingerprint density at radius 2 is 1.73 bits per heavy atom. The van der Waals surface area contributed by atoms with Crippen LogP contribution in [0.3, 0.4) is 0 Å². The summed E-state index contributed by atoms with van der Waals surface area (Å²) in [6.45, 7) is 2.67. The molecule has 3 aromatic rings. The minimum atomic E-state index is -0.342. The number of halogens is 1. The van der Waals surface area contributed by atoms with Gasteiger partial charge in [0.1, 0.15) is 0 Å². The standard InChI is InChI=1S/C26H22ClN3O3/c27-20-7-4-8-21(17-20)29-11-13-30(14-12-29)26(32)19-9-10-23-22(16-19)28-25(31)24(33-23)15-18-5-2-1-3-6-18/h1-10,15-17H,11-14H2,(H,28,31). The number of rotatable bonds is 3. The lowest BCUT2D eigenvalue weighted by Crippen LogP contribution is -2.48. The molecule has 0 radical (unpaired) electrons. The van der Waals surface area contributed by atoms with Crippen LogP contribution in [0.2, 0.25) is 5.02 Å². The van der Waals surface area contributed by atoms with Crippen LogP contribution < -0.4 is 15.0 Å². The first-order valence-corrected chi connectivity index (χ1v) is 11.1. The lowest BCUT2D eigenvalue weighted by molar-refractivity contribution is -0.115. The zero-order valence-electron chi connectivity index (χ0n) is 17.8. The van der Waals surface area contributed by atoms with E-state index in [1.54, 1.807) is 24.3 Å². The maximum absolute atomic E-state index is 13.1. The number of carbonyl (C=O) groups is 2. The van der Waals surface area contributed by atoms with E-state index in [0.717, 1.165) is 24.3 Å². The lowest BCUT2D eigenvalue weighted by Gasteiger charge is -2.36. The number of benzene rings is 3. The molecule has 2 amide bonds. The zero-order valence-corrected chi connectivity index (χ0v) is 18.6. The first-order valence-electron chi connectivity index (χ1n) is 10.8. The molecule has 0 aliphatic carbocycles. The monoisotopic (exact) mass is 459 g/mol. The first kappa shape index (κ1) is 21.1. The summed E-state index contributed by atoms with van der Waals surface area (Å²) in [7, 11) is 0. The highest BCUT2D eigenvalue weighted by molar-refractivity contribution is 6.30. The van der Waals surface area contributed by atoms with Crippen LogP contribution in [0.1, 0.15) is 15.9 Å². The smallest absolute Gasteiger partial charge is 0.291 e. The third-order valence-electron chi connectivity index (χ3n) is 5.76. The van der Waals surface area contributed by atoms with Crippen molar-refractivity contribution in [1.82, 2.24) is 4.90 Å². The topological polar surface area (TPSA) is 61.9 Å². The molecule has 6 nitrogen and oxygen atoms in total. The van der Waals surface area contributed by atoms with E-state index in [1.165, 1.54) is 0 Å². The highest BCUT2D eigenvalue weighted by Crippen LogP contribution is 2.33. The predicted molar refractivity (Wildman–Crippen MR) is 130 cm³/mol. The quantitative estimate of drug-likeness (QED) is 0.578. The largest absolute Gasteiger partial charge is 0.449 e. The van der Waals surface area contributed by atoms with E-state index in [1.807, 2.05) is 59.5 Å². The molecule has 2 heterocycles. The molecule has 1 N–H and O–H groups in total. The van der Waals surface area contributed by atoms with E-state index in [2.05, 4.69) is 10.2 Å². The van der Waals surface area contributed by atoms with Gasteiger partial charge in [0.15, 0.2) is 11.5 Å². The number of nitrogens with one attached hydrogen (secondary N) is 1. The van der Waals surface area contributed by atoms with Crippen molar-refractivity contribution in [2.45, 2.75) is 0 Å². The van der Waals surface area contributed by atoms with Gasteiger partial charge in [-0.2, -0.15) is 0 Å². The molecule has 0 saturated carbocycles. The Morgan fingerprint density at radius 3 is 2.48 bits per heavy atom. The lowest BCUT2D eigenvalue weighted by atomic mass is 10.1. The number of piperazine rings is 1. The van der Waals surface area contributed by atoms with Crippen molar-refractivity contribution in [3.8, 4) is 5.75 Å². The summed E-state index contributed by atoms with van der Waals surface area (Å²) in [5.74, 6) is 0.318. The molecule has 3 aromatic carbocycles. The fraction of sp³-hybridized carbons (Fsp3) is 0.154. The Kier molecular flexibility index (Phi) is 5.75. The minimum absolute atomic E-state index is 0.0663. The fourth-order valence-electron chi connectivity index (χ4n) is 4.02. The summed E-state index contributed by atoms with van der Waals surface area (Å²) in [5, 5.41) is 3.54. The number of hydrogen-bond acceptors (Lipinski definition) is 4. The van der Waals surface area contributed by atoms with Gasteiger partial charge in [-0.05, 0) is 48.0 Å². The third-order valence-corrected chi connectivity index (χ3v) is 5.99. The summed E-state index contributed by atoms with van der Waals surface area (Å²) in [5.41, 5.74) is 2.94. The van der Waals surface area contributed by atoms with E-state index in [9.17, 15) is 9.59 Å². The number of anilines is 2. The van der Waals surface area contributed by atoms with Crippen LogP contribution in [0.25, 0.3) is 6.08 Å². The Balaban J connectivity index is 1.27. The van der Waals surface area contributed by atoms with Crippen molar-refractivity contribution in [3.63, 3.8) is 0 Å². The number of amides is 2. The summed E-state index contributed by atoms with van der Waals surface area (Å²) in [6, 6.07) is 22.4. The summed E-state index contributed by atoms with van der Waals surface area (Å²) in [6.07, 6.45) is 1.69. The van der Waals surface area contributed by atoms with Gasteiger partial charge in [-0.3, -0.25) is 9.59 Å². The van der Waals surface area contributed by atoms with E-state index in [0.29, 0.717) is 35.1 Å². The Hall–Kier alpha value is -3.77. The molecule has 0 unspecified atom stereocenters. The molecule has 2 aliphatic heterocycles. The van der Waals surface area contributed by atoms with E-state index >= 15 is 0 Å². The van der Waals surface area contributed by atoms with Gasteiger partial charge in [-0.15, -0.1) is 0 Å². The van der Waals surface area contributed by atoms with Gasteiger partial charge in [0.05, 0.1) is 5.69 Å². The second-order valence-corrected chi connectivity index (χ2v) is 8.38. The SMILES string of the molecule is O=C1Nc2cc(C(=O)N3CCN(c4cccc(Cl)c4)CC3)ccc2OC1=Cc1ccccc1. The molecule has 33 heavy (non-hydrogen) atoms. The van der Waals surface area contributed by atoms with Gasteiger partial charge < -0.3 is 19.9 Å². The van der Waals surface area contributed by atoms with Crippen molar-refractivity contribution in [2.75, 3.05) is 36.4 Å². The van der Waals surface area contributed by atoms with Crippen LogP contribution in [-0.2, 0) is 4.79 Å². The van der Waals surface area contributed by atoms with Crippen LogP contribution in [0.5, 0.6) is 5.75 Å². The number of carbonyl (C=O) groups excluding carboxylic acids is 2. The second kappa shape index (κ2) is 9.00. The Bertz CT molecular complexity index is 1230. The normalized spacial score (nSPS) is 16.8. The van der Waals surface area contributed by atoms with Gasteiger partial charge in [-0.25, -0.2) is 0 Å². The average molecular weight is 460 g/mol. The Labute approximate surface area is 197 Å². The molecule has 0 atom stereocenters. The predicted octanol–water partition coefficient (Wildman–Crippen LogP) is 4.67. The van der Waals surface area contributed by atoms with Crippen molar-refractivity contribution >= 4 is 40.9 Å². The summed E-state index contributed by atoms with van der Waals surface area (Å²) >= 11 is 6.11. The second-order valence-electron chi connectivity index (χ2n) is 7.95. The molecule has 0 aromatic heterocycles. The van der Waals surface area contributed by atoms with Gasteiger partial charge in [0, 0.05) is 42.5 Å². The number of ether oxygens (including phenoxy) is 1. The van der Waals surface area contributed by atoms with Crippen LogP contribution in [0.15, 0.2) is 78.6 Å². The molecule has 0 spiro atoms. The minimum Gasteiger partial charge on any atom is -0.449 e. The molecule has 1 fully saturated rings. The molecule has 5 rings (SSSR count). The summed E-state index contributed by atoms with van der Waals surface area (Å²) in [4.78, 5) is 29.7. The summed E-state index contributed by atoms with van der Waals surface area (Å²) < 4.78 is 5.81. The molecular formula is C26H22ClN3O3. The maximum Gasteiger partial charge on any atom is 0.291 e. The molecular weight excluding hydrogens is 438 g/mol. The molecule has 7 heteroatoms. The van der Waals surface area contributed by atoms with Crippen molar-refractivity contribution in [2.24, 2.45) is 0 Å². The fourth-order valence-corrected chi connectivity index (χ4v) is 4.20. The first-order chi connectivity index (χ1) is 16.1. The van der Waals surface area contributed by atoms with Crippen molar-refractivity contribution in [3.05, 3.63) is 94.7 Å². The van der Waals surface area contributed by atoms with E-state index in [4.69, 9.17) is 16.3 Å². The van der Waals surface area contributed by atoms with Gasteiger partial charge in [0.2, 0.25) is 0 Å². The van der Waals surface area contributed by atoms with Crippen molar-refractivity contribution in [1.29, 1.82) is 0 Å². The Morgan fingerprint density at radius 1 is 0.939 bits per heavy atom. The number of hydrogen-bond donors (Lipinski definition) is 1. The number of nitrogens with zero attached hydrogens (tertiary/aromatic N) is 2. The van der Waals surface area contributed by atoms with E-state index < -0.39 is 0 Å². The average Bonchev–Trinajstić information content (AvgIpc) is 2.84.